The number of ketones is 1. The fraction of sp³-hybridized carbons (Fsp3) is 0.238. The minimum Gasteiger partial charge on any atom is -0.334 e. The van der Waals surface area contributed by atoms with Crippen LogP contribution in [0.1, 0.15) is 27.6 Å². The number of Topliss-reactive ketones (excluding diaryl/α,β-unsaturated/α-hetero) is 1. The van der Waals surface area contributed by atoms with Gasteiger partial charge in [-0.1, -0.05) is 6.07 Å². The van der Waals surface area contributed by atoms with E-state index >= 15 is 0 Å². The summed E-state index contributed by atoms with van der Waals surface area (Å²) in [5.74, 6) is -1.43. The van der Waals surface area contributed by atoms with Crippen LogP contribution in [0.4, 0.5) is 14.9 Å². The lowest BCUT2D eigenvalue weighted by molar-refractivity contribution is -0.120. The van der Waals surface area contributed by atoms with Gasteiger partial charge in [-0.3, -0.25) is 14.4 Å². The number of hydrogen-bond donors (Lipinski definition) is 0. The van der Waals surface area contributed by atoms with Crippen LogP contribution in [0.5, 0.6) is 0 Å². The first-order valence-electron chi connectivity index (χ1n) is 9.17. The van der Waals surface area contributed by atoms with Gasteiger partial charge in [0.15, 0.2) is 5.78 Å². The molecule has 1 atom stereocenters. The maximum Gasteiger partial charge on any atom is 0.332 e. The molecule has 0 N–H and O–H groups in total. The largest absolute Gasteiger partial charge is 0.334 e. The number of rotatable bonds is 3. The van der Waals surface area contributed by atoms with Crippen LogP contribution < -0.4 is 4.90 Å². The van der Waals surface area contributed by atoms with Crippen LogP contribution in [0, 0.1) is 5.82 Å². The number of anilines is 1. The van der Waals surface area contributed by atoms with Gasteiger partial charge >= 0.3 is 6.03 Å². The van der Waals surface area contributed by atoms with Crippen molar-refractivity contribution in [3.63, 3.8) is 0 Å². The molecule has 0 radical (unpaired) electrons. The monoisotopic (exact) mass is 395 g/mol. The average molecular weight is 395 g/mol. The minimum absolute atomic E-state index is 0.0436. The summed E-state index contributed by atoms with van der Waals surface area (Å²) in [6.45, 7) is 1.94. The molecule has 2 heterocycles. The number of amides is 4. The zero-order valence-electron chi connectivity index (χ0n) is 15.7. The zero-order chi connectivity index (χ0) is 20.7. The van der Waals surface area contributed by atoms with Crippen molar-refractivity contribution in [1.29, 1.82) is 0 Å². The van der Waals surface area contributed by atoms with Crippen molar-refractivity contribution in [2.24, 2.45) is 0 Å². The summed E-state index contributed by atoms with van der Waals surface area (Å²) in [5, 5.41) is 0. The fourth-order valence-electron chi connectivity index (χ4n) is 3.67. The van der Waals surface area contributed by atoms with Gasteiger partial charge in [-0.25, -0.2) is 14.1 Å². The maximum atomic E-state index is 13.4. The highest BCUT2D eigenvalue weighted by molar-refractivity contribution is 6.21. The van der Waals surface area contributed by atoms with E-state index in [-0.39, 0.29) is 36.9 Å². The van der Waals surface area contributed by atoms with Crippen LogP contribution in [0.25, 0.3) is 0 Å². The van der Waals surface area contributed by atoms with Crippen molar-refractivity contribution in [2.75, 3.05) is 24.5 Å². The Hall–Kier alpha value is -3.55. The van der Waals surface area contributed by atoms with Crippen LogP contribution in [-0.2, 0) is 4.79 Å². The number of fused-ring (bicyclic) bond motifs is 1. The molecule has 0 aromatic heterocycles. The maximum absolute atomic E-state index is 13.4. The summed E-state index contributed by atoms with van der Waals surface area (Å²) in [5.41, 5.74) is 1.06. The number of carbonyl (C=O) groups excluding carboxylic acids is 4. The Kier molecular flexibility index (Phi) is 4.62. The SMILES string of the molecule is CC(=O)c1ccc(N2C(=O)[C@H]3CN(C(=O)c4cccc(F)c4)CCN3C2=O)cc1. The highest BCUT2D eigenvalue weighted by Crippen LogP contribution is 2.28. The van der Waals surface area contributed by atoms with Gasteiger partial charge in [-0.05, 0) is 49.4 Å². The lowest BCUT2D eigenvalue weighted by Crippen LogP contribution is -2.54. The molecule has 8 heteroatoms. The van der Waals surface area contributed by atoms with Crippen LogP contribution >= 0.6 is 0 Å². The molecule has 0 unspecified atom stereocenters. The van der Waals surface area contributed by atoms with E-state index in [1.54, 1.807) is 24.3 Å². The van der Waals surface area contributed by atoms with E-state index in [1.807, 2.05) is 0 Å². The normalized spacial score (nSPS) is 18.8. The molecule has 148 valence electrons. The van der Waals surface area contributed by atoms with Gasteiger partial charge in [0.2, 0.25) is 0 Å². The second kappa shape index (κ2) is 7.12. The second-order valence-corrected chi connectivity index (χ2v) is 7.03. The fourth-order valence-corrected chi connectivity index (χ4v) is 3.67. The van der Waals surface area contributed by atoms with E-state index in [4.69, 9.17) is 0 Å². The average Bonchev–Trinajstić information content (AvgIpc) is 2.97. The van der Waals surface area contributed by atoms with Gasteiger partial charge in [0.1, 0.15) is 11.9 Å². The first kappa shape index (κ1) is 18.8. The van der Waals surface area contributed by atoms with Crippen LogP contribution in [0.2, 0.25) is 0 Å². The van der Waals surface area contributed by atoms with Crippen molar-refractivity contribution in [3.05, 3.63) is 65.5 Å². The topological polar surface area (TPSA) is 78.0 Å². The molecule has 2 aromatic carbocycles. The molecule has 4 rings (SSSR count). The van der Waals surface area contributed by atoms with E-state index in [1.165, 1.54) is 34.9 Å². The number of hydrogen-bond acceptors (Lipinski definition) is 4. The third-order valence-electron chi connectivity index (χ3n) is 5.21. The molecular weight excluding hydrogens is 377 g/mol. The van der Waals surface area contributed by atoms with E-state index in [0.717, 1.165) is 11.0 Å². The summed E-state index contributed by atoms with van der Waals surface area (Å²) < 4.78 is 13.4. The molecule has 2 aliphatic rings. The van der Waals surface area contributed by atoms with E-state index in [9.17, 15) is 23.6 Å². The minimum atomic E-state index is -0.791. The number of imide groups is 1. The van der Waals surface area contributed by atoms with E-state index < -0.39 is 23.8 Å². The Morgan fingerprint density at radius 2 is 1.72 bits per heavy atom. The molecule has 2 fully saturated rings. The quantitative estimate of drug-likeness (QED) is 0.590. The summed E-state index contributed by atoms with van der Waals surface area (Å²) in [6.07, 6.45) is 0. The van der Waals surface area contributed by atoms with Crippen LogP contribution in [0.3, 0.4) is 0 Å². The first-order chi connectivity index (χ1) is 13.9. The Bertz CT molecular complexity index is 1020. The molecule has 0 saturated carbocycles. The number of benzene rings is 2. The molecular formula is C21H18FN3O4. The van der Waals surface area contributed by atoms with Gasteiger partial charge in [0.05, 0.1) is 12.2 Å². The summed E-state index contributed by atoms with van der Waals surface area (Å²) in [7, 11) is 0. The predicted octanol–water partition coefficient (Wildman–Crippen LogP) is 2.32. The summed E-state index contributed by atoms with van der Waals surface area (Å²) in [6, 6.07) is 10.4. The lowest BCUT2D eigenvalue weighted by Gasteiger charge is -2.35. The van der Waals surface area contributed by atoms with E-state index in [2.05, 4.69) is 0 Å². The Labute approximate surface area is 166 Å². The summed E-state index contributed by atoms with van der Waals surface area (Å²) in [4.78, 5) is 53.8. The van der Waals surface area contributed by atoms with Crippen molar-refractivity contribution in [1.82, 2.24) is 9.80 Å². The van der Waals surface area contributed by atoms with Gasteiger partial charge in [-0.2, -0.15) is 0 Å². The number of urea groups is 1. The van der Waals surface area contributed by atoms with Crippen molar-refractivity contribution < 1.29 is 23.6 Å². The number of carbonyl (C=O) groups is 4. The summed E-state index contributed by atoms with van der Waals surface area (Å²) >= 11 is 0. The van der Waals surface area contributed by atoms with Crippen molar-refractivity contribution in [2.45, 2.75) is 13.0 Å². The molecule has 4 amide bonds. The van der Waals surface area contributed by atoms with E-state index in [0.29, 0.717) is 11.3 Å². The third-order valence-corrected chi connectivity index (χ3v) is 5.21. The molecule has 29 heavy (non-hydrogen) atoms. The number of halogens is 1. The van der Waals surface area contributed by atoms with Gasteiger partial charge in [-0.15, -0.1) is 0 Å². The predicted molar refractivity (Wildman–Crippen MR) is 102 cm³/mol. The highest BCUT2D eigenvalue weighted by Gasteiger charge is 2.49. The molecule has 2 saturated heterocycles. The standard InChI is InChI=1S/C21H18FN3O4/c1-13(26)14-5-7-17(8-6-14)25-20(28)18-12-23(9-10-24(18)21(25)29)19(27)15-3-2-4-16(22)11-15/h2-8,11,18H,9-10,12H2,1H3/t18-/m1/s1. The van der Waals surface area contributed by atoms with Crippen LogP contribution in [-0.4, -0.2) is 59.1 Å². The molecule has 7 nitrogen and oxygen atoms in total. The van der Waals surface area contributed by atoms with Crippen molar-refractivity contribution in [3.8, 4) is 0 Å². The lowest BCUT2D eigenvalue weighted by atomic mass is 10.1. The Morgan fingerprint density at radius 3 is 2.38 bits per heavy atom. The number of piperazine rings is 1. The van der Waals surface area contributed by atoms with Gasteiger partial charge in [0, 0.05) is 24.2 Å². The molecule has 0 spiro atoms. The van der Waals surface area contributed by atoms with Crippen molar-refractivity contribution >= 4 is 29.3 Å². The molecule has 2 aromatic rings. The van der Waals surface area contributed by atoms with Crippen LogP contribution in [0.15, 0.2) is 48.5 Å². The third kappa shape index (κ3) is 3.26. The molecule has 2 aliphatic heterocycles. The first-order valence-corrected chi connectivity index (χ1v) is 9.17. The highest BCUT2D eigenvalue weighted by atomic mass is 19.1. The molecule has 0 aliphatic carbocycles. The van der Waals surface area contributed by atoms with Gasteiger partial charge < -0.3 is 9.80 Å². The molecule has 0 bridgehead atoms. The van der Waals surface area contributed by atoms with Gasteiger partial charge in [0.25, 0.3) is 11.8 Å². The Morgan fingerprint density at radius 1 is 1.00 bits per heavy atom. The smallest absolute Gasteiger partial charge is 0.332 e. The zero-order valence-corrected chi connectivity index (χ0v) is 15.7. The Balaban J connectivity index is 1.55. The number of nitrogens with zero attached hydrogens (tertiary/aromatic N) is 3. The second-order valence-electron chi connectivity index (χ2n) is 7.03.